The van der Waals surface area contributed by atoms with Gasteiger partial charge in [0.15, 0.2) is 0 Å². The molecule has 5 N–H and O–H groups in total. The van der Waals surface area contributed by atoms with Crippen LogP contribution in [-0.4, -0.2) is 29.4 Å². The molecule has 7 heteroatoms. The summed E-state index contributed by atoms with van der Waals surface area (Å²) in [6, 6.07) is 26.4. The van der Waals surface area contributed by atoms with Crippen molar-refractivity contribution in [3.05, 3.63) is 124 Å². The normalized spacial score (nSPS) is 12.2. The average Bonchev–Trinajstić information content (AvgIpc) is 3.34. The predicted octanol–water partition coefficient (Wildman–Crippen LogP) is 5.14. The SMILES string of the molecule is Cc1ccc(-c2cc(C(=O)NCc3ccccc3)ccc2CN2CCc3cc(C(=N)N)ccc32)c(C(=O)O)c1. The van der Waals surface area contributed by atoms with Gasteiger partial charge in [-0.3, -0.25) is 10.2 Å². The Kier molecular flexibility index (Phi) is 7.14. The number of benzene rings is 4. The Hall–Kier alpha value is -4.91. The number of anilines is 1. The van der Waals surface area contributed by atoms with Crippen molar-refractivity contribution >= 4 is 23.4 Å². The van der Waals surface area contributed by atoms with Crippen LogP contribution in [0.5, 0.6) is 0 Å². The number of nitrogens with one attached hydrogen (secondary N) is 2. The summed E-state index contributed by atoms with van der Waals surface area (Å²) in [6.07, 6.45) is 0.830. The van der Waals surface area contributed by atoms with Gasteiger partial charge in [-0.2, -0.15) is 0 Å². The average molecular weight is 519 g/mol. The highest BCUT2D eigenvalue weighted by atomic mass is 16.4. The number of aryl methyl sites for hydroxylation is 1. The van der Waals surface area contributed by atoms with Gasteiger partial charge in [-0.25, -0.2) is 4.79 Å². The molecule has 0 bridgehead atoms. The number of nitrogens with zero attached hydrogens (tertiary/aromatic N) is 1. The van der Waals surface area contributed by atoms with Crippen molar-refractivity contribution in [3.8, 4) is 11.1 Å². The Morgan fingerprint density at radius 1 is 0.949 bits per heavy atom. The number of rotatable bonds is 8. The zero-order chi connectivity index (χ0) is 27.5. The number of carboxylic acid groups (broad SMARTS) is 1. The standard InChI is InChI=1S/C32H30N4O3/c1-20-7-11-26(28(15-20)32(38)39)27-17-24(31(37)35-18-21-5-3-2-4-6-21)8-9-25(27)19-36-14-13-22-16-23(30(33)34)10-12-29(22)36/h2-12,15-17H,13-14,18-19H2,1H3,(H3,33,34)(H,35,37)(H,38,39). The molecule has 196 valence electrons. The first-order valence-electron chi connectivity index (χ1n) is 12.8. The molecule has 4 aromatic carbocycles. The van der Waals surface area contributed by atoms with Gasteiger partial charge in [0.1, 0.15) is 5.84 Å². The van der Waals surface area contributed by atoms with Crippen LogP contribution in [-0.2, 0) is 19.5 Å². The van der Waals surface area contributed by atoms with Crippen LogP contribution < -0.4 is 16.0 Å². The van der Waals surface area contributed by atoms with Gasteiger partial charge in [0.2, 0.25) is 0 Å². The van der Waals surface area contributed by atoms with Crippen molar-refractivity contribution in [1.29, 1.82) is 5.41 Å². The highest BCUT2D eigenvalue weighted by molar-refractivity contribution is 6.00. The van der Waals surface area contributed by atoms with Crippen molar-refractivity contribution in [1.82, 2.24) is 5.32 Å². The van der Waals surface area contributed by atoms with Crippen LogP contribution in [0, 0.1) is 12.3 Å². The number of carbonyl (C=O) groups excluding carboxylic acids is 1. The molecule has 39 heavy (non-hydrogen) atoms. The highest BCUT2D eigenvalue weighted by Crippen LogP contribution is 2.34. The molecular formula is C32H30N4O3. The summed E-state index contributed by atoms with van der Waals surface area (Å²) in [7, 11) is 0. The van der Waals surface area contributed by atoms with E-state index in [0.717, 1.165) is 40.9 Å². The summed E-state index contributed by atoms with van der Waals surface area (Å²) in [5.41, 5.74) is 13.3. The van der Waals surface area contributed by atoms with Gasteiger partial charge in [-0.15, -0.1) is 0 Å². The third-order valence-electron chi connectivity index (χ3n) is 7.11. The maximum absolute atomic E-state index is 13.1. The molecule has 7 nitrogen and oxygen atoms in total. The maximum atomic E-state index is 13.1. The van der Waals surface area contributed by atoms with E-state index in [9.17, 15) is 14.7 Å². The molecule has 0 fully saturated rings. The zero-order valence-corrected chi connectivity index (χ0v) is 21.7. The molecular weight excluding hydrogens is 488 g/mol. The summed E-state index contributed by atoms with van der Waals surface area (Å²) in [5, 5.41) is 20.7. The van der Waals surface area contributed by atoms with Gasteiger partial charge in [-0.05, 0) is 77.6 Å². The molecule has 0 spiro atoms. The number of nitrogens with two attached hydrogens (primary N) is 1. The predicted molar refractivity (Wildman–Crippen MR) is 153 cm³/mol. The van der Waals surface area contributed by atoms with Gasteiger partial charge in [0.05, 0.1) is 5.56 Å². The lowest BCUT2D eigenvalue weighted by atomic mass is 9.92. The Bertz CT molecular complexity index is 1580. The quantitative estimate of drug-likeness (QED) is 0.190. The lowest BCUT2D eigenvalue weighted by molar-refractivity contribution is 0.0697. The molecule has 1 amide bonds. The number of hydrogen-bond donors (Lipinski definition) is 4. The maximum Gasteiger partial charge on any atom is 0.336 e. The van der Waals surface area contributed by atoms with Gasteiger partial charge in [-0.1, -0.05) is 54.1 Å². The Labute approximate surface area is 227 Å². The Morgan fingerprint density at radius 2 is 1.72 bits per heavy atom. The van der Waals surface area contributed by atoms with Crippen LogP contribution in [0.3, 0.4) is 0 Å². The number of fused-ring (bicyclic) bond motifs is 1. The second-order valence-electron chi connectivity index (χ2n) is 9.82. The Morgan fingerprint density at radius 3 is 2.46 bits per heavy atom. The van der Waals surface area contributed by atoms with Crippen LogP contribution >= 0.6 is 0 Å². The number of amidine groups is 1. The lowest BCUT2D eigenvalue weighted by Crippen LogP contribution is -2.23. The summed E-state index contributed by atoms with van der Waals surface area (Å²) < 4.78 is 0. The van der Waals surface area contributed by atoms with Crippen molar-refractivity contribution in [3.63, 3.8) is 0 Å². The van der Waals surface area contributed by atoms with E-state index in [1.54, 1.807) is 18.2 Å². The largest absolute Gasteiger partial charge is 0.478 e. The van der Waals surface area contributed by atoms with Crippen LogP contribution in [0.25, 0.3) is 11.1 Å². The van der Waals surface area contributed by atoms with Crippen molar-refractivity contribution in [2.75, 3.05) is 11.4 Å². The number of carbonyl (C=O) groups is 2. The van der Waals surface area contributed by atoms with E-state index in [4.69, 9.17) is 11.1 Å². The first-order valence-corrected chi connectivity index (χ1v) is 12.8. The first kappa shape index (κ1) is 25.7. The van der Waals surface area contributed by atoms with E-state index < -0.39 is 5.97 Å². The molecule has 0 saturated heterocycles. The minimum Gasteiger partial charge on any atom is -0.478 e. The lowest BCUT2D eigenvalue weighted by Gasteiger charge is -2.23. The van der Waals surface area contributed by atoms with Crippen LogP contribution in [0.4, 0.5) is 5.69 Å². The van der Waals surface area contributed by atoms with Crippen LogP contribution in [0.1, 0.15) is 48.5 Å². The molecule has 1 heterocycles. The minimum atomic E-state index is -1.01. The number of nitrogen functional groups attached to an aromatic ring is 1. The van der Waals surface area contributed by atoms with Gasteiger partial charge < -0.3 is 21.1 Å². The van der Waals surface area contributed by atoms with Gasteiger partial charge in [0.25, 0.3) is 5.91 Å². The molecule has 0 radical (unpaired) electrons. The monoisotopic (exact) mass is 518 g/mol. The highest BCUT2D eigenvalue weighted by Gasteiger charge is 2.23. The summed E-state index contributed by atoms with van der Waals surface area (Å²) >= 11 is 0. The summed E-state index contributed by atoms with van der Waals surface area (Å²) in [5.74, 6) is -1.19. The smallest absolute Gasteiger partial charge is 0.336 e. The van der Waals surface area contributed by atoms with Gasteiger partial charge in [0, 0.05) is 36.4 Å². The third-order valence-corrected chi connectivity index (χ3v) is 7.11. The van der Waals surface area contributed by atoms with E-state index >= 15 is 0 Å². The van der Waals surface area contributed by atoms with E-state index in [0.29, 0.717) is 35.3 Å². The zero-order valence-electron chi connectivity index (χ0n) is 21.7. The molecule has 0 saturated carbocycles. The fourth-order valence-electron chi connectivity index (χ4n) is 5.06. The van der Waals surface area contributed by atoms with E-state index in [1.165, 1.54) is 0 Å². The minimum absolute atomic E-state index is 0.0419. The first-order chi connectivity index (χ1) is 18.8. The van der Waals surface area contributed by atoms with Crippen LogP contribution in [0.15, 0.2) is 84.9 Å². The molecule has 0 aromatic heterocycles. The number of hydrogen-bond acceptors (Lipinski definition) is 4. The summed E-state index contributed by atoms with van der Waals surface area (Å²) in [4.78, 5) is 27.6. The molecule has 0 aliphatic carbocycles. The molecule has 0 unspecified atom stereocenters. The van der Waals surface area contributed by atoms with Crippen LogP contribution in [0.2, 0.25) is 0 Å². The fourth-order valence-corrected chi connectivity index (χ4v) is 5.06. The second kappa shape index (κ2) is 10.8. The topological polar surface area (TPSA) is 120 Å². The fraction of sp³-hybridized carbons (Fsp3) is 0.156. The molecule has 4 aromatic rings. The molecule has 5 rings (SSSR count). The van der Waals surface area contributed by atoms with Crippen molar-refractivity contribution in [2.24, 2.45) is 5.73 Å². The molecule has 1 aliphatic heterocycles. The van der Waals surface area contributed by atoms with Crippen molar-refractivity contribution < 1.29 is 14.7 Å². The number of carboxylic acids is 1. The molecule has 0 atom stereocenters. The number of aromatic carboxylic acids is 1. The molecule has 1 aliphatic rings. The number of amides is 1. The van der Waals surface area contributed by atoms with E-state index in [2.05, 4.69) is 10.2 Å². The second-order valence-corrected chi connectivity index (χ2v) is 9.82. The summed E-state index contributed by atoms with van der Waals surface area (Å²) in [6.45, 7) is 3.59. The van der Waals surface area contributed by atoms with Crippen molar-refractivity contribution in [2.45, 2.75) is 26.4 Å². The van der Waals surface area contributed by atoms with Gasteiger partial charge >= 0.3 is 5.97 Å². The van der Waals surface area contributed by atoms with E-state index in [1.807, 2.05) is 73.7 Å². The van der Waals surface area contributed by atoms with E-state index in [-0.39, 0.29) is 17.3 Å². The third kappa shape index (κ3) is 5.52. The Balaban J connectivity index is 1.51.